The standard InChI is InChI=1S/C13H20N4O/c1-18-13(7-3-4-8-13)10-16-12(14)17-11-6-2-5-9-15-11/h2,5-6,9H,3-4,7-8,10H2,1H3,(H3,14,15,16,17). The number of pyridine rings is 1. The van der Waals surface area contributed by atoms with E-state index in [1.54, 1.807) is 13.3 Å². The summed E-state index contributed by atoms with van der Waals surface area (Å²) in [5.74, 6) is 1.09. The van der Waals surface area contributed by atoms with Gasteiger partial charge in [-0.2, -0.15) is 0 Å². The van der Waals surface area contributed by atoms with Crippen molar-refractivity contribution in [1.82, 2.24) is 4.98 Å². The number of nitrogens with one attached hydrogen (secondary N) is 1. The number of aromatic nitrogens is 1. The van der Waals surface area contributed by atoms with Gasteiger partial charge in [0.2, 0.25) is 0 Å². The molecule has 0 aliphatic heterocycles. The van der Waals surface area contributed by atoms with Gasteiger partial charge in [-0.1, -0.05) is 18.9 Å². The third-order valence-electron chi connectivity index (χ3n) is 3.41. The normalized spacial score (nSPS) is 18.8. The number of guanidine groups is 1. The molecule has 1 heterocycles. The van der Waals surface area contributed by atoms with Crippen LogP contribution in [0.3, 0.4) is 0 Å². The highest BCUT2D eigenvalue weighted by molar-refractivity contribution is 5.91. The lowest BCUT2D eigenvalue weighted by molar-refractivity contribution is 0.00429. The van der Waals surface area contributed by atoms with Crippen LogP contribution in [0.25, 0.3) is 0 Å². The molecule has 5 heteroatoms. The molecule has 0 radical (unpaired) electrons. The average molecular weight is 248 g/mol. The fraction of sp³-hybridized carbons (Fsp3) is 0.538. The Balaban J connectivity index is 1.92. The van der Waals surface area contributed by atoms with Crippen LogP contribution in [0.5, 0.6) is 0 Å². The van der Waals surface area contributed by atoms with Crippen molar-refractivity contribution in [2.24, 2.45) is 10.7 Å². The van der Waals surface area contributed by atoms with Gasteiger partial charge in [0, 0.05) is 13.3 Å². The van der Waals surface area contributed by atoms with Crippen LogP contribution in [0.2, 0.25) is 0 Å². The molecule has 1 aromatic rings. The minimum absolute atomic E-state index is 0.115. The van der Waals surface area contributed by atoms with Crippen LogP contribution in [-0.2, 0) is 4.74 Å². The van der Waals surface area contributed by atoms with Crippen molar-refractivity contribution < 1.29 is 4.74 Å². The molecule has 5 nitrogen and oxygen atoms in total. The Bertz CT molecular complexity index is 399. The fourth-order valence-electron chi connectivity index (χ4n) is 2.28. The maximum absolute atomic E-state index is 5.84. The van der Waals surface area contributed by atoms with Crippen LogP contribution in [0.4, 0.5) is 5.82 Å². The van der Waals surface area contributed by atoms with Gasteiger partial charge in [-0.3, -0.25) is 4.99 Å². The number of anilines is 1. The molecule has 0 aromatic carbocycles. The summed E-state index contributed by atoms with van der Waals surface area (Å²) >= 11 is 0. The van der Waals surface area contributed by atoms with Gasteiger partial charge in [-0.25, -0.2) is 4.98 Å². The lowest BCUT2D eigenvalue weighted by atomic mass is 10.0. The van der Waals surface area contributed by atoms with Gasteiger partial charge in [0.15, 0.2) is 5.96 Å². The first-order chi connectivity index (χ1) is 8.74. The second-order valence-corrected chi connectivity index (χ2v) is 4.64. The molecule has 0 spiro atoms. The molecule has 18 heavy (non-hydrogen) atoms. The Morgan fingerprint density at radius 3 is 2.89 bits per heavy atom. The maximum atomic E-state index is 5.84. The Morgan fingerprint density at radius 2 is 2.28 bits per heavy atom. The summed E-state index contributed by atoms with van der Waals surface area (Å²) in [4.78, 5) is 8.50. The molecule has 3 N–H and O–H groups in total. The second kappa shape index (κ2) is 5.82. The van der Waals surface area contributed by atoms with Crippen LogP contribution in [0.1, 0.15) is 25.7 Å². The number of nitrogens with two attached hydrogens (primary N) is 1. The monoisotopic (exact) mass is 248 g/mol. The largest absolute Gasteiger partial charge is 0.376 e. The van der Waals surface area contributed by atoms with E-state index in [0.717, 1.165) is 12.8 Å². The number of ether oxygens (including phenoxy) is 1. The van der Waals surface area contributed by atoms with E-state index in [2.05, 4.69) is 15.3 Å². The van der Waals surface area contributed by atoms with E-state index in [9.17, 15) is 0 Å². The van der Waals surface area contributed by atoms with E-state index < -0.39 is 0 Å². The summed E-state index contributed by atoms with van der Waals surface area (Å²) < 4.78 is 5.59. The van der Waals surface area contributed by atoms with Crippen molar-refractivity contribution in [2.75, 3.05) is 19.0 Å². The van der Waals surface area contributed by atoms with E-state index in [0.29, 0.717) is 18.3 Å². The van der Waals surface area contributed by atoms with Crippen LogP contribution in [0, 0.1) is 0 Å². The number of aliphatic imine (C=N–C) groups is 1. The number of rotatable bonds is 4. The fourth-order valence-corrected chi connectivity index (χ4v) is 2.28. The lowest BCUT2D eigenvalue weighted by Gasteiger charge is -2.25. The van der Waals surface area contributed by atoms with Crippen LogP contribution in [0.15, 0.2) is 29.4 Å². The van der Waals surface area contributed by atoms with E-state index in [1.165, 1.54) is 12.8 Å². The van der Waals surface area contributed by atoms with Crippen molar-refractivity contribution in [3.63, 3.8) is 0 Å². The zero-order chi connectivity index (χ0) is 12.8. The summed E-state index contributed by atoms with van der Waals surface area (Å²) in [6.45, 7) is 0.606. The van der Waals surface area contributed by atoms with Crippen molar-refractivity contribution in [1.29, 1.82) is 0 Å². The highest BCUT2D eigenvalue weighted by Crippen LogP contribution is 2.32. The molecule has 1 fully saturated rings. The average Bonchev–Trinajstić information content (AvgIpc) is 2.87. The van der Waals surface area contributed by atoms with Gasteiger partial charge >= 0.3 is 0 Å². The first-order valence-electron chi connectivity index (χ1n) is 6.27. The summed E-state index contributed by atoms with van der Waals surface area (Å²) in [6.07, 6.45) is 6.24. The Kier molecular flexibility index (Phi) is 4.15. The summed E-state index contributed by atoms with van der Waals surface area (Å²) in [5, 5.41) is 2.97. The predicted molar refractivity (Wildman–Crippen MR) is 72.6 cm³/mol. The van der Waals surface area contributed by atoms with Crippen LogP contribution < -0.4 is 11.1 Å². The van der Waals surface area contributed by atoms with Crippen molar-refractivity contribution in [3.05, 3.63) is 24.4 Å². The third-order valence-corrected chi connectivity index (χ3v) is 3.41. The van der Waals surface area contributed by atoms with E-state index in [1.807, 2.05) is 18.2 Å². The van der Waals surface area contributed by atoms with Gasteiger partial charge in [0.1, 0.15) is 5.82 Å². The highest BCUT2D eigenvalue weighted by atomic mass is 16.5. The minimum Gasteiger partial charge on any atom is -0.376 e. The molecule has 1 aliphatic carbocycles. The zero-order valence-corrected chi connectivity index (χ0v) is 10.7. The SMILES string of the molecule is COC1(CN=C(N)Nc2ccccn2)CCCC1. The number of hydrogen-bond donors (Lipinski definition) is 2. The smallest absolute Gasteiger partial charge is 0.194 e. The molecule has 0 amide bonds. The summed E-state index contributed by atoms with van der Waals surface area (Å²) in [6, 6.07) is 5.61. The zero-order valence-electron chi connectivity index (χ0n) is 10.7. The molecule has 1 saturated carbocycles. The minimum atomic E-state index is -0.115. The molecule has 0 unspecified atom stereocenters. The van der Waals surface area contributed by atoms with Gasteiger partial charge in [0.25, 0.3) is 0 Å². The van der Waals surface area contributed by atoms with Gasteiger partial charge in [0.05, 0.1) is 12.1 Å². The predicted octanol–water partition coefficient (Wildman–Crippen LogP) is 1.77. The number of methoxy groups -OCH3 is 1. The Morgan fingerprint density at radius 1 is 1.50 bits per heavy atom. The summed E-state index contributed by atoms with van der Waals surface area (Å²) in [7, 11) is 1.75. The van der Waals surface area contributed by atoms with Gasteiger partial charge < -0.3 is 15.8 Å². The molecular formula is C13H20N4O. The lowest BCUT2D eigenvalue weighted by Crippen LogP contribution is -2.33. The van der Waals surface area contributed by atoms with Crippen molar-refractivity contribution in [2.45, 2.75) is 31.3 Å². The quantitative estimate of drug-likeness (QED) is 0.629. The molecular weight excluding hydrogens is 228 g/mol. The van der Waals surface area contributed by atoms with Crippen LogP contribution >= 0.6 is 0 Å². The first-order valence-corrected chi connectivity index (χ1v) is 6.27. The molecule has 0 saturated heterocycles. The molecule has 1 aliphatic rings. The maximum Gasteiger partial charge on any atom is 0.194 e. The molecule has 0 atom stereocenters. The Hall–Kier alpha value is -1.62. The van der Waals surface area contributed by atoms with Gasteiger partial charge in [-0.05, 0) is 25.0 Å². The first kappa shape index (κ1) is 12.8. The molecule has 0 bridgehead atoms. The molecule has 98 valence electrons. The van der Waals surface area contributed by atoms with E-state index >= 15 is 0 Å². The molecule has 2 rings (SSSR count). The highest BCUT2D eigenvalue weighted by Gasteiger charge is 2.33. The topological polar surface area (TPSA) is 72.5 Å². The second-order valence-electron chi connectivity index (χ2n) is 4.64. The van der Waals surface area contributed by atoms with Crippen LogP contribution in [-0.4, -0.2) is 30.2 Å². The van der Waals surface area contributed by atoms with E-state index in [-0.39, 0.29) is 5.60 Å². The van der Waals surface area contributed by atoms with Crippen molar-refractivity contribution in [3.8, 4) is 0 Å². The van der Waals surface area contributed by atoms with Crippen molar-refractivity contribution >= 4 is 11.8 Å². The third kappa shape index (κ3) is 3.20. The Labute approximate surface area is 107 Å². The summed E-state index contributed by atoms with van der Waals surface area (Å²) in [5.41, 5.74) is 5.73. The van der Waals surface area contributed by atoms with E-state index in [4.69, 9.17) is 10.5 Å². The number of nitrogens with zero attached hydrogens (tertiary/aromatic N) is 2. The van der Waals surface area contributed by atoms with Gasteiger partial charge in [-0.15, -0.1) is 0 Å². The number of hydrogen-bond acceptors (Lipinski definition) is 3. The molecule has 1 aromatic heterocycles.